The van der Waals surface area contributed by atoms with Crippen LogP contribution in [-0.2, 0) is 14.9 Å². The second-order valence-electron chi connectivity index (χ2n) is 8.85. The zero-order valence-corrected chi connectivity index (χ0v) is 19.1. The molecular formula is C25H44O2. The number of ether oxygens (including phenoxy) is 2. The first-order chi connectivity index (χ1) is 12.8. The second kappa shape index (κ2) is 11.2. The number of rotatable bonds is 13. The minimum atomic E-state index is -0.653. The molecule has 0 aliphatic heterocycles. The van der Waals surface area contributed by atoms with Crippen LogP contribution in [0, 0.1) is 5.41 Å². The molecule has 0 spiro atoms. The lowest BCUT2D eigenvalue weighted by Crippen LogP contribution is -2.60. The quantitative estimate of drug-likeness (QED) is 0.262. The highest BCUT2D eigenvalue weighted by molar-refractivity contribution is 5.31. The van der Waals surface area contributed by atoms with Crippen molar-refractivity contribution >= 4 is 0 Å². The maximum Gasteiger partial charge on any atom is 0.175 e. The molecule has 0 fully saturated rings. The molecule has 1 aromatic carbocycles. The Morgan fingerprint density at radius 3 is 1.70 bits per heavy atom. The van der Waals surface area contributed by atoms with E-state index in [0.717, 1.165) is 6.42 Å². The molecule has 27 heavy (non-hydrogen) atoms. The molecule has 0 saturated carbocycles. The van der Waals surface area contributed by atoms with Crippen LogP contribution in [0.1, 0.15) is 99.0 Å². The van der Waals surface area contributed by atoms with Crippen molar-refractivity contribution in [1.82, 2.24) is 0 Å². The molecule has 1 atom stereocenters. The third-order valence-electron chi connectivity index (χ3n) is 6.07. The van der Waals surface area contributed by atoms with E-state index < -0.39 is 5.79 Å². The molecule has 2 nitrogen and oxygen atoms in total. The SMILES string of the molecule is CCCCCCCCC(c1ccccc1)(C(C)(C)C)C(C)(OCC)OCC. The van der Waals surface area contributed by atoms with Gasteiger partial charge in [-0.2, -0.15) is 0 Å². The Labute approximate surface area is 169 Å². The predicted octanol–water partition coefficient (Wildman–Crippen LogP) is 7.51. The zero-order valence-electron chi connectivity index (χ0n) is 19.1. The highest BCUT2D eigenvalue weighted by atomic mass is 16.7. The maximum absolute atomic E-state index is 6.39. The molecule has 0 aliphatic carbocycles. The molecule has 156 valence electrons. The van der Waals surface area contributed by atoms with Gasteiger partial charge in [-0.3, -0.25) is 0 Å². The van der Waals surface area contributed by atoms with Crippen LogP contribution < -0.4 is 0 Å². The number of unbranched alkanes of at least 4 members (excludes halogenated alkanes) is 5. The van der Waals surface area contributed by atoms with E-state index in [0.29, 0.717) is 13.2 Å². The topological polar surface area (TPSA) is 18.5 Å². The smallest absolute Gasteiger partial charge is 0.175 e. The Balaban J connectivity index is 3.29. The van der Waals surface area contributed by atoms with Gasteiger partial charge in [-0.25, -0.2) is 0 Å². The average molecular weight is 377 g/mol. The Kier molecular flexibility index (Phi) is 10.0. The highest BCUT2D eigenvalue weighted by Gasteiger charge is 2.57. The van der Waals surface area contributed by atoms with Gasteiger partial charge in [-0.15, -0.1) is 0 Å². The lowest BCUT2D eigenvalue weighted by atomic mass is 9.56. The van der Waals surface area contributed by atoms with Gasteiger partial charge in [0.05, 0.1) is 5.41 Å². The summed E-state index contributed by atoms with van der Waals surface area (Å²) >= 11 is 0. The van der Waals surface area contributed by atoms with Crippen molar-refractivity contribution in [2.75, 3.05) is 13.2 Å². The van der Waals surface area contributed by atoms with Crippen molar-refractivity contribution in [3.8, 4) is 0 Å². The van der Waals surface area contributed by atoms with Crippen LogP contribution in [0.4, 0.5) is 0 Å². The molecule has 1 rings (SSSR count). The van der Waals surface area contributed by atoms with Crippen LogP contribution in [0.5, 0.6) is 0 Å². The summed E-state index contributed by atoms with van der Waals surface area (Å²) in [6.45, 7) is 16.9. The molecule has 2 heteroatoms. The van der Waals surface area contributed by atoms with Crippen molar-refractivity contribution in [3.05, 3.63) is 35.9 Å². The van der Waals surface area contributed by atoms with E-state index in [4.69, 9.17) is 9.47 Å². The normalized spacial score (nSPS) is 14.9. The molecule has 0 radical (unpaired) electrons. The average Bonchev–Trinajstić information content (AvgIpc) is 2.61. The fourth-order valence-electron chi connectivity index (χ4n) is 4.85. The van der Waals surface area contributed by atoms with Gasteiger partial charge in [-0.1, -0.05) is 96.6 Å². The summed E-state index contributed by atoms with van der Waals surface area (Å²) in [7, 11) is 0. The number of benzene rings is 1. The van der Waals surface area contributed by atoms with Gasteiger partial charge in [-0.05, 0) is 38.2 Å². The van der Waals surface area contributed by atoms with Crippen molar-refractivity contribution in [2.45, 2.75) is 105 Å². The minimum absolute atomic E-state index is 0.00311. The van der Waals surface area contributed by atoms with E-state index in [1.807, 2.05) is 0 Å². The minimum Gasteiger partial charge on any atom is -0.350 e. The van der Waals surface area contributed by atoms with Gasteiger partial charge >= 0.3 is 0 Å². The second-order valence-corrected chi connectivity index (χ2v) is 8.85. The monoisotopic (exact) mass is 376 g/mol. The van der Waals surface area contributed by atoms with E-state index >= 15 is 0 Å². The highest BCUT2D eigenvalue weighted by Crippen LogP contribution is 2.54. The van der Waals surface area contributed by atoms with Crippen molar-refractivity contribution in [1.29, 1.82) is 0 Å². The first kappa shape index (κ1) is 24.2. The first-order valence-electron chi connectivity index (χ1n) is 11.1. The van der Waals surface area contributed by atoms with Crippen LogP contribution in [0.15, 0.2) is 30.3 Å². The summed E-state index contributed by atoms with van der Waals surface area (Å²) in [4.78, 5) is 0. The van der Waals surface area contributed by atoms with E-state index in [1.54, 1.807) is 0 Å². The summed E-state index contributed by atoms with van der Waals surface area (Å²) in [5.41, 5.74) is 1.12. The number of hydrogen-bond acceptors (Lipinski definition) is 2. The third kappa shape index (κ3) is 5.81. The van der Waals surface area contributed by atoms with Gasteiger partial charge in [0.2, 0.25) is 0 Å². The van der Waals surface area contributed by atoms with Crippen LogP contribution in [0.3, 0.4) is 0 Å². The molecule has 0 heterocycles. The summed E-state index contributed by atoms with van der Waals surface area (Å²) in [5.74, 6) is -0.653. The van der Waals surface area contributed by atoms with Gasteiger partial charge in [0.1, 0.15) is 0 Å². The largest absolute Gasteiger partial charge is 0.350 e. The van der Waals surface area contributed by atoms with Crippen molar-refractivity contribution in [3.63, 3.8) is 0 Å². The maximum atomic E-state index is 6.39. The molecule has 1 aromatic rings. The Morgan fingerprint density at radius 2 is 1.22 bits per heavy atom. The van der Waals surface area contributed by atoms with Gasteiger partial charge in [0.15, 0.2) is 5.79 Å². The lowest BCUT2D eigenvalue weighted by Gasteiger charge is -2.55. The zero-order chi connectivity index (χ0) is 20.4. The standard InChI is InChI=1S/C25H44O2/c1-8-11-12-13-14-18-21-25(23(4,5)6,22-19-16-15-17-20-22)24(7,26-9-2)27-10-3/h15-17,19-20H,8-14,18,21H2,1-7H3. The fraction of sp³-hybridized carbons (Fsp3) is 0.760. The Hall–Kier alpha value is -0.860. The van der Waals surface area contributed by atoms with Crippen LogP contribution in [0.2, 0.25) is 0 Å². The first-order valence-corrected chi connectivity index (χ1v) is 11.1. The van der Waals surface area contributed by atoms with Crippen LogP contribution in [0.25, 0.3) is 0 Å². The predicted molar refractivity (Wildman–Crippen MR) is 117 cm³/mol. The molecule has 1 unspecified atom stereocenters. The molecule has 0 amide bonds. The van der Waals surface area contributed by atoms with Gasteiger partial charge < -0.3 is 9.47 Å². The summed E-state index contributed by atoms with van der Waals surface area (Å²) in [6.07, 6.45) is 8.86. The molecule has 0 bridgehead atoms. The van der Waals surface area contributed by atoms with E-state index in [-0.39, 0.29) is 10.8 Å². The molecule has 0 aliphatic rings. The van der Waals surface area contributed by atoms with E-state index in [1.165, 1.54) is 44.1 Å². The third-order valence-corrected chi connectivity index (χ3v) is 6.07. The van der Waals surface area contributed by atoms with Crippen molar-refractivity contribution in [2.24, 2.45) is 5.41 Å². The van der Waals surface area contributed by atoms with E-state index in [2.05, 4.69) is 78.8 Å². The van der Waals surface area contributed by atoms with Crippen LogP contribution >= 0.6 is 0 Å². The van der Waals surface area contributed by atoms with Crippen LogP contribution in [-0.4, -0.2) is 19.0 Å². The molecular weight excluding hydrogens is 332 g/mol. The Bertz CT molecular complexity index is 497. The fourth-order valence-corrected chi connectivity index (χ4v) is 4.85. The molecule has 0 N–H and O–H groups in total. The van der Waals surface area contributed by atoms with E-state index in [9.17, 15) is 0 Å². The Morgan fingerprint density at radius 1 is 0.704 bits per heavy atom. The summed E-state index contributed by atoms with van der Waals surface area (Å²) < 4.78 is 12.8. The van der Waals surface area contributed by atoms with Gasteiger partial charge in [0, 0.05) is 13.2 Å². The number of hydrogen-bond donors (Lipinski definition) is 0. The lowest BCUT2D eigenvalue weighted by molar-refractivity contribution is -0.284. The molecule has 0 aromatic heterocycles. The molecule has 0 saturated heterocycles. The van der Waals surface area contributed by atoms with Gasteiger partial charge in [0.25, 0.3) is 0 Å². The van der Waals surface area contributed by atoms with Crippen molar-refractivity contribution < 1.29 is 9.47 Å². The summed E-state index contributed by atoms with van der Waals surface area (Å²) in [5, 5.41) is 0. The summed E-state index contributed by atoms with van der Waals surface area (Å²) in [6, 6.07) is 10.9.